The van der Waals surface area contributed by atoms with Crippen molar-refractivity contribution in [3.63, 3.8) is 0 Å². The first-order valence-electron chi connectivity index (χ1n) is 4.06. The van der Waals surface area contributed by atoms with Crippen molar-refractivity contribution in [2.24, 2.45) is 0 Å². The summed E-state index contributed by atoms with van der Waals surface area (Å²) in [6, 6.07) is 0. The summed E-state index contributed by atoms with van der Waals surface area (Å²) in [5.41, 5.74) is 0. The van der Waals surface area contributed by atoms with Crippen LogP contribution in [-0.2, 0) is 10.4 Å². The van der Waals surface area contributed by atoms with Crippen molar-refractivity contribution < 1.29 is 136 Å². The van der Waals surface area contributed by atoms with Gasteiger partial charge in [-0.2, -0.15) is 0 Å². The van der Waals surface area contributed by atoms with E-state index in [4.69, 9.17) is 32.8 Å². The number of hydrogen-bond donors (Lipinski definition) is 3. The summed E-state index contributed by atoms with van der Waals surface area (Å²) in [4.78, 5) is 1.79. The molecule has 0 fully saturated rings. The number of nitrogens with zero attached hydrogens (tertiary/aromatic N) is 1. The van der Waals surface area contributed by atoms with Gasteiger partial charge in [-0.3, -0.25) is 13.3 Å². The molecule has 11 heteroatoms. The Labute approximate surface area is 186 Å². The number of aliphatic hydroxyl groups excluding tert-OH is 3. The number of rotatable bonds is 6. The van der Waals surface area contributed by atoms with E-state index in [9.17, 15) is 0 Å². The van der Waals surface area contributed by atoms with E-state index >= 15 is 0 Å². The molecule has 0 saturated heterocycles. The molecule has 0 aliphatic rings. The minimum Gasteiger partial charge on any atom is -0.759 e. The molecule has 0 aromatic rings. The van der Waals surface area contributed by atoms with Crippen molar-refractivity contribution >= 4 is 10.4 Å². The van der Waals surface area contributed by atoms with E-state index in [1.165, 1.54) is 0 Å². The third-order valence-corrected chi connectivity index (χ3v) is 1.25. The van der Waals surface area contributed by atoms with Gasteiger partial charge in [-0.05, 0) is 0 Å². The van der Waals surface area contributed by atoms with Crippen LogP contribution in [0.5, 0.6) is 0 Å². The van der Waals surface area contributed by atoms with Gasteiger partial charge in [-0.25, -0.2) is 0 Å². The second-order valence-corrected chi connectivity index (χ2v) is 3.24. The molecular formula is C6H15K2NO7S. The third kappa shape index (κ3) is 38.1. The summed E-state index contributed by atoms with van der Waals surface area (Å²) in [6.07, 6.45) is 0. The predicted molar refractivity (Wildman–Crippen MR) is 48.2 cm³/mol. The molecule has 0 aromatic heterocycles. The zero-order valence-corrected chi connectivity index (χ0v) is 17.1. The average molecular weight is 323 g/mol. The molecule has 0 heterocycles. The Bertz CT molecular complexity index is 204. The van der Waals surface area contributed by atoms with Crippen LogP contribution < -0.4 is 103 Å². The van der Waals surface area contributed by atoms with Gasteiger partial charge in [0.2, 0.25) is 0 Å². The predicted octanol–water partition coefficient (Wildman–Crippen LogP) is -9.06. The number of hydrogen-bond acceptors (Lipinski definition) is 8. The van der Waals surface area contributed by atoms with Gasteiger partial charge >= 0.3 is 103 Å². The van der Waals surface area contributed by atoms with Gasteiger partial charge < -0.3 is 24.4 Å². The monoisotopic (exact) mass is 323 g/mol. The maximum absolute atomic E-state index is 8.52. The first kappa shape index (κ1) is 28.2. The van der Waals surface area contributed by atoms with E-state index in [2.05, 4.69) is 0 Å². The maximum Gasteiger partial charge on any atom is 1.00 e. The second-order valence-electron chi connectivity index (χ2n) is 2.42. The summed E-state index contributed by atoms with van der Waals surface area (Å²) in [5, 5.41) is 25.5. The Balaban J connectivity index is -0.000000105. The van der Waals surface area contributed by atoms with Gasteiger partial charge in [0, 0.05) is 30.0 Å². The zero-order chi connectivity index (χ0) is 12.3. The smallest absolute Gasteiger partial charge is 0.759 e. The Morgan fingerprint density at radius 1 is 0.824 bits per heavy atom. The first-order valence-corrected chi connectivity index (χ1v) is 5.40. The second kappa shape index (κ2) is 19.0. The minimum absolute atomic E-state index is 0. The molecule has 0 aliphatic heterocycles. The van der Waals surface area contributed by atoms with Crippen molar-refractivity contribution in [1.82, 2.24) is 4.90 Å². The van der Waals surface area contributed by atoms with E-state index < -0.39 is 10.4 Å². The van der Waals surface area contributed by atoms with Crippen LogP contribution in [0.15, 0.2) is 0 Å². The SMILES string of the molecule is O=S(=O)([O-])[O-].OCCN(CCO)CCO.[K+].[K+]. The van der Waals surface area contributed by atoms with Gasteiger partial charge in [0.1, 0.15) is 0 Å². The Kier molecular flexibility index (Phi) is 31.5. The van der Waals surface area contributed by atoms with Crippen LogP contribution in [0.1, 0.15) is 0 Å². The van der Waals surface area contributed by atoms with E-state index in [1.807, 2.05) is 0 Å². The molecule has 0 amide bonds. The van der Waals surface area contributed by atoms with Crippen LogP contribution in [0.2, 0.25) is 0 Å². The molecule has 0 spiro atoms. The summed E-state index contributed by atoms with van der Waals surface area (Å²) in [6.45, 7) is 1.75. The van der Waals surface area contributed by atoms with Crippen molar-refractivity contribution in [1.29, 1.82) is 0 Å². The van der Waals surface area contributed by atoms with Gasteiger partial charge in [-0.15, -0.1) is 0 Å². The van der Waals surface area contributed by atoms with Crippen LogP contribution in [-0.4, -0.2) is 77.2 Å². The first-order chi connectivity index (χ1) is 6.85. The van der Waals surface area contributed by atoms with Gasteiger partial charge in [0.05, 0.1) is 19.8 Å². The topological polar surface area (TPSA) is 144 Å². The molecule has 0 atom stereocenters. The number of aliphatic hydroxyl groups is 3. The van der Waals surface area contributed by atoms with E-state index in [1.54, 1.807) is 4.90 Å². The molecular weight excluding hydrogens is 308 g/mol. The van der Waals surface area contributed by atoms with Gasteiger partial charge in [-0.1, -0.05) is 0 Å². The molecule has 0 aromatic carbocycles. The van der Waals surface area contributed by atoms with E-state index in [-0.39, 0.29) is 123 Å². The average Bonchev–Trinajstić information content (AvgIpc) is 2.02. The molecule has 94 valence electrons. The largest absolute Gasteiger partial charge is 1.00 e. The fourth-order valence-corrected chi connectivity index (χ4v) is 0.760. The standard InChI is InChI=1S/C6H15NO3.2K.H2O4S/c8-4-1-7(2-5-9)3-6-10;;;1-5(2,3)4/h8-10H,1-6H2;;;(H2,1,2,3,4)/q;2*+1;/p-2. The van der Waals surface area contributed by atoms with E-state index in [0.29, 0.717) is 19.6 Å². The normalized spacial score (nSPS) is 9.76. The van der Waals surface area contributed by atoms with Crippen LogP contribution in [0.25, 0.3) is 0 Å². The Hall–Kier alpha value is 2.98. The van der Waals surface area contributed by atoms with Crippen LogP contribution >= 0.6 is 0 Å². The molecule has 8 nitrogen and oxygen atoms in total. The molecule has 0 aliphatic carbocycles. The molecule has 0 bridgehead atoms. The molecule has 0 rings (SSSR count). The zero-order valence-electron chi connectivity index (χ0n) is 10.1. The molecule has 0 saturated carbocycles. The fourth-order valence-electron chi connectivity index (χ4n) is 0.760. The minimum atomic E-state index is -5.17. The van der Waals surface area contributed by atoms with Crippen molar-refractivity contribution in [2.45, 2.75) is 0 Å². The Morgan fingerprint density at radius 2 is 1.00 bits per heavy atom. The molecule has 17 heavy (non-hydrogen) atoms. The summed E-state index contributed by atoms with van der Waals surface area (Å²) in [5.74, 6) is 0. The fraction of sp³-hybridized carbons (Fsp3) is 1.00. The van der Waals surface area contributed by atoms with Crippen molar-refractivity contribution in [3.8, 4) is 0 Å². The maximum atomic E-state index is 8.52. The van der Waals surface area contributed by atoms with Crippen molar-refractivity contribution in [2.75, 3.05) is 39.5 Å². The van der Waals surface area contributed by atoms with Crippen LogP contribution in [0.3, 0.4) is 0 Å². The van der Waals surface area contributed by atoms with Gasteiger partial charge in [0.25, 0.3) is 0 Å². The van der Waals surface area contributed by atoms with Gasteiger partial charge in [0.15, 0.2) is 0 Å². The van der Waals surface area contributed by atoms with Crippen LogP contribution in [0, 0.1) is 0 Å². The summed E-state index contributed by atoms with van der Waals surface area (Å²) >= 11 is 0. The summed E-state index contributed by atoms with van der Waals surface area (Å²) in [7, 11) is -5.17. The third-order valence-electron chi connectivity index (χ3n) is 1.25. The van der Waals surface area contributed by atoms with Crippen molar-refractivity contribution in [3.05, 3.63) is 0 Å². The van der Waals surface area contributed by atoms with E-state index in [0.717, 1.165) is 0 Å². The summed E-state index contributed by atoms with van der Waals surface area (Å²) < 4.78 is 34.1. The molecule has 0 radical (unpaired) electrons. The Morgan fingerprint density at radius 3 is 1.12 bits per heavy atom. The van der Waals surface area contributed by atoms with Crippen LogP contribution in [0.4, 0.5) is 0 Å². The molecule has 0 unspecified atom stereocenters. The quantitative estimate of drug-likeness (QED) is 0.248. The molecule has 3 N–H and O–H groups in total.